The van der Waals surface area contributed by atoms with Gasteiger partial charge in [-0.3, -0.25) is 9.58 Å². The van der Waals surface area contributed by atoms with E-state index in [1.165, 1.54) is 17.0 Å². The number of halogens is 2. The second-order valence-corrected chi connectivity index (χ2v) is 6.10. The first kappa shape index (κ1) is 17.6. The normalized spacial score (nSPS) is 14.7. The van der Waals surface area contributed by atoms with Crippen LogP contribution in [0.5, 0.6) is 0 Å². The maximum Gasteiger partial charge on any atom is 0.202 e. The van der Waals surface area contributed by atoms with Crippen LogP contribution in [0, 0.1) is 11.6 Å². The summed E-state index contributed by atoms with van der Waals surface area (Å²) >= 11 is 0. The Morgan fingerprint density at radius 3 is 2.42 bits per heavy atom. The number of amidine groups is 1. The molecule has 1 aliphatic rings. The summed E-state index contributed by atoms with van der Waals surface area (Å²) in [4.78, 5) is 5.89. The van der Waals surface area contributed by atoms with Crippen LogP contribution in [0.25, 0.3) is 0 Å². The number of aliphatic imine (C=N–C) groups is 1. The van der Waals surface area contributed by atoms with Gasteiger partial charge in [0.25, 0.3) is 0 Å². The second-order valence-electron chi connectivity index (χ2n) is 6.10. The highest BCUT2D eigenvalue weighted by molar-refractivity contribution is 6.00. The molecule has 5 nitrogen and oxygen atoms in total. The Balaban J connectivity index is 2.09. The summed E-state index contributed by atoms with van der Waals surface area (Å²) in [5, 5.41) is 15.1. The van der Waals surface area contributed by atoms with Gasteiger partial charge in [0.15, 0.2) is 5.84 Å². The van der Waals surface area contributed by atoms with Crippen molar-refractivity contribution in [3.8, 4) is 0 Å². The molecular weight excluding hydrogens is 338 g/mol. The number of allylic oxidation sites excluding steroid dienone is 1. The van der Waals surface area contributed by atoms with E-state index in [2.05, 4.69) is 23.2 Å². The van der Waals surface area contributed by atoms with Crippen molar-refractivity contribution >= 4 is 5.84 Å². The minimum absolute atomic E-state index is 0.0000189. The SMILES string of the molecule is C=C(C)C1=C(O)N(Cc2cc(F)cc(F)c2)C(c2ccn(C)n2)=NC1=C. The van der Waals surface area contributed by atoms with Crippen LogP contribution in [-0.2, 0) is 13.6 Å². The summed E-state index contributed by atoms with van der Waals surface area (Å²) < 4.78 is 28.7. The molecule has 0 saturated heterocycles. The molecule has 1 aromatic carbocycles. The minimum Gasteiger partial charge on any atom is -0.494 e. The molecule has 2 aromatic rings. The fourth-order valence-electron chi connectivity index (χ4n) is 2.81. The maximum atomic E-state index is 13.6. The summed E-state index contributed by atoms with van der Waals surface area (Å²) in [7, 11) is 1.75. The molecule has 1 aliphatic heterocycles. The molecule has 7 heteroatoms. The monoisotopic (exact) mass is 356 g/mol. The lowest BCUT2D eigenvalue weighted by molar-refractivity contribution is 0.261. The molecule has 2 heterocycles. The third-order valence-corrected chi connectivity index (χ3v) is 3.90. The number of hydrogen-bond acceptors (Lipinski definition) is 4. The Bertz CT molecular complexity index is 951. The topological polar surface area (TPSA) is 53.6 Å². The zero-order valence-corrected chi connectivity index (χ0v) is 14.5. The van der Waals surface area contributed by atoms with Gasteiger partial charge in [-0.1, -0.05) is 13.2 Å². The van der Waals surface area contributed by atoms with Crippen molar-refractivity contribution in [2.24, 2.45) is 12.0 Å². The van der Waals surface area contributed by atoms with Crippen LogP contribution in [0.2, 0.25) is 0 Å². The molecule has 0 radical (unpaired) electrons. The number of aromatic nitrogens is 2. The predicted octanol–water partition coefficient (Wildman–Crippen LogP) is 3.82. The summed E-state index contributed by atoms with van der Waals surface area (Å²) in [5.74, 6) is -1.19. The van der Waals surface area contributed by atoms with Crippen LogP contribution in [0.1, 0.15) is 18.2 Å². The average Bonchev–Trinajstić information content (AvgIpc) is 2.95. The third-order valence-electron chi connectivity index (χ3n) is 3.90. The summed E-state index contributed by atoms with van der Waals surface area (Å²) in [5.41, 5.74) is 2.15. The molecule has 0 aliphatic carbocycles. The Hall–Kier alpha value is -3.22. The van der Waals surface area contributed by atoms with E-state index in [4.69, 9.17) is 0 Å². The van der Waals surface area contributed by atoms with Gasteiger partial charge in [-0.25, -0.2) is 13.8 Å². The molecule has 3 rings (SSSR count). The molecule has 0 saturated carbocycles. The maximum absolute atomic E-state index is 13.6. The first-order chi connectivity index (χ1) is 12.3. The Kier molecular flexibility index (Phi) is 4.46. The van der Waals surface area contributed by atoms with Gasteiger partial charge in [-0.05, 0) is 36.3 Å². The van der Waals surface area contributed by atoms with Gasteiger partial charge in [0.05, 0.1) is 17.8 Å². The Labute approximate surface area is 149 Å². The fraction of sp³-hybridized carbons (Fsp3) is 0.158. The largest absolute Gasteiger partial charge is 0.494 e. The lowest BCUT2D eigenvalue weighted by atomic mass is 10.0. The molecule has 1 aromatic heterocycles. The van der Waals surface area contributed by atoms with E-state index >= 15 is 0 Å². The first-order valence-corrected chi connectivity index (χ1v) is 7.86. The van der Waals surface area contributed by atoms with E-state index in [0.29, 0.717) is 33.9 Å². The Morgan fingerprint density at radius 2 is 1.88 bits per heavy atom. The van der Waals surface area contributed by atoms with Crippen LogP contribution in [0.3, 0.4) is 0 Å². The highest BCUT2D eigenvalue weighted by Gasteiger charge is 2.29. The molecule has 0 fully saturated rings. The van der Waals surface area contributed by atoms with Crippen molar-refractivity contribution in [1.82, 2.24) is 14.7 Å². The highest BCUT2D eigenvalue weighted by Crippen LogP contribution is 2.30. The number of aryl methyl sites for hydroxylation is 1. The van der Waals surface area contributed by atoms with Crippen LogP contribution in [0.4, 0.5) is 8.78 Å². The van der Waals surface area contributed by atoms with Gasteiger partial charge in [0.2, 0.25) is 5.88 Å². The summed E-state index contributed by atoms with van der Waals surface area (Å²) in [6.45, 7) is 9.43. The lowest BCUT2D eigenvalue weighted by Crippen LogP contribution is -2.35. The fourth-order valence-corrected chi connectivity index (χ4v) is 2.81. The van der Waals surface area contributed by atoms with Gasteiger partial charge in [0, 0.05) is 19.3 Å². The van der Waals surface area contributed by atoms with Crippen molar-refractivity contribution in [1.29, 1.82) is 0 Å². The molecule has 26 heavy (non-hydrogen) atoms. The van der Waals surface area contributed by atoms with E-state index in [-0.39, 0.29) is 12.4 Å². The number of aliphatic hydroxyl groups excluding tert-OH is 1. The lowest BCUT2D eigenvalue weighted by Gasteiger charge is -2.30. The van der Waals surface area contributed by atoms with Crippen LogP contribution in [0.15, 0.2) is 71.3 Å². The van der Waals surface area contributed by atoms with Crippen LogP contribution in [-0.4, -0.2) is 25.6 Å². The number of rotatable bonds is 4. The second kappa shape index (κ2) is 6.59. The standard InChI is InChI=1S/C19H18F2N4O/c1-11(2)17-12(3)22-18(16-5-6-24(4)23-16)25(19(17)26)10-13-7-14(20)9-15(21)8-13/h5-9,26H,1,3,10H2,2,4H3. The van der Waals surface area contributed by atoms with E-state index in [0.717, 1.165) is 6.07 Å². The predicted molar refractivity (Wildman–Crippen MR) is 95.3 cm³/mol. The van der Waals surface area contributed by atoms with Crippen molar-refractivity contribution in [3.63, 3.8) is 0 Å². The zero-order valence-electron chi connectivity index (χ0n) is 14.5. The average molecular weight is 356 g/mol. The molecule has 0 unspecified atom stereocenters. The molecule has 0 atom stereocenters. The van der Waals surface area contributed by atoms with Crippen LogP contribution >= 0.6 is 0 Å². The number of hydrogen-bond donors (Lipinski definition) is 1. The van der Waals surface area contributed by atoms with Crippen LogP contribution < -0.4 is 0 Å². The molecule has 134 valence electrons. The Morgan fingerprint density at radius 1 is 1.23 bits per heavy atom. The zero-order chi connectivity index (χ0) is 19.0. The first-order valence-electron chi connectivity index (χ1n) is 7.86. The number of nitrogens with zero attached hydrogens (tertiary/aromatic N) is 4. The van der Waals surface area contributed by atoms with Gasteiger partial charge < -0.3 is 5.11 Å². The van der Waals surface area contributed by atoms with Gasteiger partial charge >= 0.3 is 0 Å². The smallest absolute Gasteiger partial charge is 0.202 e. The molecule has 1 N–H and O–H groups in total. The van der Waals surface area contributed by atoms with Crippen molar-refractivity contribution in [3.05, 3.63) is 89.2 Å². The summed E-state index contributed by atoms with van der Waals surface area (Å²) in [6, 6.07) is 4.93. The molecule has 0 spiro atoms. The third kappa shape index (κ3) is 3.28. The van der Waals surface area contributed by atoms with Crippen molar-refractivity contribution in [2.75, 3.05) is 0 Å². The van der Waals surface area contributed by atoms with E-state index in [1.807, 2.05) is 0 Å². The quantitative estimate of drug-likeness (QED) is 0.906. The number of aliphatic hydroxyl groups is 1. The summed E-state index contributed by atoms with van der Waals surface area (Å²) in [6.07, 6.45) is 1.73. The van der Waals surface area contributed by atoms with Gasteiger partial charge in [0.1, 0.15) is 17.3 Å². The van der Waals surface area contributed by atoms with E-state index in [1.54, 1.807) is 30.9 Å². The molecule has 0 amide bonds. The highest BCUT2D eigenvalue weighted by atomic mass is 19.1. The van der Waals surface area contributed by atoms with E-state index in [9.17, 15) is 13.9 Å². The van der Waals surface area contributed by atoms with Crippen molar-refractivity contribution in [2.45, 2.75) is 13.5 Å². The minimum atomic E-state index is -0.693. The molecule has 0 bridgehead atoms. The molecular formula is C19H18F2N4O. The van der Waals surface area contributed by atoms with Crippen molar-refractivity contribution < 1.29 is 13.9 Å². The van der Waals surface area contributed by atoms with E-state index < -0.39 is 11.6 Å². The van der Waals surface area contributed by atoms with Gasteiger partial charge in [-0.2, -0.15) is 5.10 Å². The van der Waals surface area contributed by atoms with Gasteiger partial charge in [-0.15, -0.1) is 0 Å². The number of benzene rings is 1.